The number of nitrogens with one attached hydrogen (secondary N) is 1. The van der Waals surface area contributed by atoms with Crippen molar-refractivity contribution >= 4 is 0 Å². The van der Waals surface area contributed by atoms with Gasteiger partial charge in [0.05, 0.1) is 0 Å². The Morgan fingerprint density at radius 3 is 2.75 bits per heavy atom. The van der Waals surface area contributed by atoms with Crippen molar-refractivity contribution in [1.82, 2.24) is 20.1 Å². The number of alkyl halides is 2. The first-order valence-corrected chi connectivity index (χ1v) is 6.92. The number of hydrogen-bond donors (Lipinski definition) is 1. The average Bonchev–Trinajstić information content (AvgIpc) is 2.79. The van der Waals surface area contributed by atoms with Crippen molar-refractivity contribution in [1.29, 1.82) is 0 Å². The summed E-state index contributed by atoms with van der Waals surface area (Å²) in [7, 11) is 1.85. The van der Waals surface area contributed by atoms with Crippen LogP contribution in [0.15, 0.2) is 6.33 Å². The Kier molecular flexibility index (Phi) is 7.61. The maximum Gasteiger partial charge on any atom is 0.261 e. The monoisotopic (exact) mass is 290 g/mol. The molecular formula is C13H24F2N4O. The lowest BCUT2D eigenvalue weighted by Gasteiger charge is -2.16. The van der Waals surface area contributed by atoms with E-state index in [9.17, 15) is 8.78 Å². The zero-order valence-electron chi connectivity index (χ0n) is 12.4. The summed E-state index contributed by atoms with van der Waals surface area (Å²) in [6, 6.07) is 0.141. The third kappa shape index (κ3) is 6.38. The number of aromatic nitrogens is 3. The average molecular weight is 290 g/mol. The van der Waals surface area contributed by atoms with Crippen LogP contribution < -0.4 is 5.32 Å². The van der Waals surface area contributed by atoms with Crippen LogP contribution in [0.5, 0.6) is 0 Å². The topological polar surface area (TPSA) is 52.0 Å². The lowest BCUT2D eigenvalue weighted by Crippen LogP contribution is -2.31. The van der Waals surface area contributed by atoms with Gasteiger partial charge in [-0.1, -0.05) is 13.8 Å². The maximum atomic E-state index is 12.0. The number of halogens is 2. The zero-order chi connectivity index (χ0) is 15.0. The predicted molar refractivity (Wildman–Crippen MR) is 72.9 cm³/mol. The normalized spacial score (nSPS) is 13.3. The van der Waals surface area contributed by atoms with Crippen molar-refractivity contribution in [3.05, 3.63) is 12.2 Å². The summed E-state index contributed by atoms with van der Waals surface area (Å²) in [5, 5.41) is 7.37. The Hall–Kier alpha value is -1.08. The predicted octanol–water partition coefficient (Wildman–Crippen LogP) is 1.74. The van der Waals surface area contributed by atoms with Gasteiger partial charge in [-0.05, 0) is 19.4 Å². The molecule has 1 aromatic heterocycles. The lowest BCUT2D eigenvalue weighted by atomic mass is 10.1. The molecule has 0 spiro atoms. The first kappa shape index (κ1) is 17.0. The van der Waals surface area contributed by atoms with E-state index in [1.165, 1.54) is 0 Å². The molecule has 0 bridgehead atoms. The van der Waals surface area contributed by atoms with Crippen LogP contribution in [0.2, 0.25) is 0 Å². The molecule has 0 fully saturated rings. The van der Waals surface area contributed by atoms with E-state index < -0.39 is 13.0 Å². The molecule has 1 atom stereocenters. The van der Waals surface area contributed by atoms with E-state index in [0.29, 0.717) is 25.4 Å². The molecule has 1 N–H and O–H groups in total. The van der Waals surface area contributed by atoms with Crippen LogP contribution in [-0.4, -0.2) is 47.5 Å². The van der Waals surface area contributed by atoms with Gasteiger partial charge in [0.15, 0.2) is 0 Å². The van der Waals surface area contributed by atoms with Crippen LogP contribution in [0.25, 0.3) is 0 Å². The molecule has 0 aliphatic heterocycles. The molecule has 7 heteroatoms. The summed E-state index contributed by atoms with van der Waals surface area (Å²) in [5.41, 5.74) is 0. The van der Waals surface area contributed by atoms with Crippen LogP contribution in [-0.2, 0) is 17.7 Å². The highest BCUT2D eigenvalue weighted by Gasteiger charge is 2.13. The third-order valence-corrected chi connectivity index (χ3v) is 2.93. The fourth-order valence-electron chi connectivity index (χ4n) is 1.91. The summed E-state index contributed by atoms with van der Waals surface area (Å²) in [4.78, 5) is 4.26. The molecule has 116 valence electrons. The Labute approximate surface area is 118 Å². The van der Waals surface area contributed by atoms with Gasteiger partial charge in [0.1, 0.15) is 18.8 Å². The molecule has 0 amide bonds. The van der Waals surface area contributed by atoms with E-state index in [-0.39, 0.29) is 6.04 Å². The van der Waals surface area contributed by atoms with Gasteiger partial charge in [-0.2, -0.15) is 5.10 Å². The fourth-order valence-corrected chi connectivity index (χ4v) is 1.91. The number of rotatable bonds is 10. The summed E-state index contributed by atoms with van der Waals surface area (Å²) < 4.78 is 30.7. The Morgan fingerprint density at radius 1 is 1.40 bits per heavy atom. The number of likely N-dealkylation sites (N-methyl/N-ethyl adjacent to an activating group) is 1. The van der Waals surface area contributed by atoms with Gasteiger partial charge in [-0.25, -0.2) is 18.4 Å². The van der Waals surface area contributed by atoms with Gasteiger partial charge >= 0.3 is 0 Å². The minimum atomic E-state index is -2.41. The second-order valence-electron chi connectivity index (χ2n) is 5.20. The van der Waals surface area contributed by atoms with Gasteiger partial charge in [0.25, 0.3) is 6.43 Å². The quantitative estimate of drug-likeness (QED) is 0.667. The Balaban J connectivity index is 2.41. The maximum absolute atomic E-state index is 12.0. The second-order valence-corrected chi connectivity index (χ2v) is 5.20. The minimum absolute atomic E-state index is 0.141. The fraction of sp³-hybridized carbons (Fsp3) is 0.846. The minimum Gasteiger partial charge on any atom is -0.375 e. The van der Waals surface area contributed by atoms with Crippen molar-refractivity contribution in [3.63, 3.8) is 0 Å². The van der Waals surface area contributed by atoms with E-state index in [0.717, 1.165) is 12.4 Å². The van der Waals surface area contributed by atoms with Gasteiger partial charge in [0, 0.05) is 25.6 Å². The van der Waals surface area contributed by atoms with Crippen LogP contribution in [0.3, 0.4) is 0 Å². The standard InChI is InChI=1S/C13H24F2N4O/c1-10(2)7-19-13(17-9-18-19)6-11(16-3)4-5-20-8-12(14)15/h9-12,16H,4-8H2,1-3H3. The highest BCUT2D eigenvalue weighted by molar-refractivity contribution is 4.89. The molecule has 0 saturated heterocycles. The molecule has 0 saturated carbocycles. The van der Waals surface area contributed by atoms with Crippen molar-refractivity contribution < 1.29 is 13.5 Å². The molecule has 1 rings (SSSR count). The zero-order valence-corrected chi connectivity index (χ0v) is 12.4. The molecular weight excluding hydrogens is 266 g/mol. The van der Waals surface area contributed by atoms with Crippen LogP contribution in [0, 0.1) is 5.92 Å². The van der Waals surface area contributed by atoms with Gasteiger partial charge in [-0.15, -0.1) is 0 Å². The van der Waals surface area contributed by atoms with Crippen molar-refractivity contribution in [3.8, 4) is 0 Å². The largest absolute Gasteiger partial charge is 0.375 e. The molecule has 0 aromatic carbocycles. The highest BCUT2D eigenvalue weighted by Crippen LogP contribution is 2.06. The van der Waals surface area contributed by atoms with Crippen LogP contribution >= 0.6 is 0 Å². The summed E-state index contributed by atoms with van der Waals surface area (Å²) >= 11 is 0. The van der Waals surface area contributed by atoms with Gasteiger partial charge in [0.2, 0.25) is 0 Å². The Morgan fingerprint density at radius 2 is 2.15 bits per heavy atom. The number of hydrogen-bond acceptors (Lipinski definition) is 4. The molecule has 1 heterocycles. The van der Waals surface area contributed by atoms with E-state index in [2.05, 4.69) is 29.2 Å². The van der Waals surface area contributed by atoms with Crippen LogP contribution in [0.4, 0.5) is 8.78 Å². The molecule has 20 heavy (non-hydrogen) atoms. The van der Waals surface area contributed by atoms with E-state index in [1.54, 1.807) is 6.33 Å². The SMILES string of the molecule is CNC(CCOCC(F)F)Cc1ncnn1CC(C)C. The smallest absolute Gasteiger partial charge is 0.261 e. The first-order valence-electron chi connectivity index (χ1n) is 6.92. The molecule has 0 radical (unpaired) electrons. The van der Waals surface area contributed by atoms with Crippen LogP contribution in [0.1, 0.15) is 26.1 Å². The molecule has 1 aromatic rings. The molecule has 1 unspecified atom stereocenters. The molecule has 0 aliphatic rings. The molecule has 5 nitrogen and oxygen atoms in total. The van der Waals surface area contributed by atoms with Crippen molar-refractivity contribution in [2.75, 3.05) is 20.3 Å². The number of ether oxygens (including phenoxy) is 1. The second kappa shape index (κ2) is 8.97. The van der Waals surface area contributed by atoms with E-state index in [4.69, 9.17) is 4.74 Å². The van der Waals surface area contributed by atoms with E-state index >= 15 is 0 Å². The van der Waals surface area contributed by atoms with Crippen molar-refractivity contribution in [2.45, 2.75) is 45.7 Å². The molecule has 0 aliphatic carbocycles. The summed E-state index contributed by atoms with van der Waals surface area (Å²) in [5.74, 6) is 1.41. The highest BCUT2D eigenvalue weighted by atomic mass is 19.3. The lowest BCUT2D eigenvalue weighted by molar-refractivity contribution is 0.0145. The van der Waals surface area contributed by atoms with Gasteiger partial charge in [-0.3, -0.25) is 0 Å². The van der Waals surface area contributed by atoms with E-state index in [1.807, 2.05) is 11.7 Å². The first-order chi connectivity index (χ1) is 9.52. The third-order valence-electron chi connectivity index (χ3n) is 2.93. The summed E-state index contributed by atoms with van der Waals surface area (Å²) in [6.45, 7) is 4.89. The number of nitrogens with zero attached hydrogens (tertiary/aromatic N) is 3. The van der Waals surface area contributed by atoms with Gasteiger partial charge < -0.3 is 10.1 Å². The van der Waals surface area contributed by atoms with Crippen molar-refractivity contribution in [2.24, 2.45) is 5.92 Å². The summed E-state index contributed by atoms with van der Waals surface area (Å²) in [6.07, 6.45) is 0.522. The Bertz CT molecular complexity index is 371.